The molecule has 0 bridgehead atoms. The molecule has 12 heavy (non-hydrogen) atoms. The molecule has 0 unspecified atom stereocenters. The van der Waals surface area contributed by atoms with E-state index in [1.165, 1.54) is 6.08 Å². The van der Waals surface area contributed by atoms with Gasteiger partial charge in [-0.3, -0.25) is 4.79 Å². The van der Waals surface area contributed by atoms with Gasteiger partial charge in [0.25, 0.3) is 5.56 Å². The number of rotatable bonds is 2. The van der Waals surface area contributed by atoms with Crippen molar-refractivity contribution in [3.05, 3.63) is 40.3 Å². The summed E-state index contributed by atoms with van der Waals surface area (Å²) in [5.74, 6) is 0. The summed E-state index contributed by atoms with van der Waals surface area (Å²) in [7, 11) is 0. The zero-order chi connectivity index (χ0) is 9.14. The average Bonchev–Trinajstić information content (AvgIpc) is 2.08. The van der Waals surface area contributed by atoms with Gasteiger partial charge in [-0.25, -0.2) is 5.10 Å². The predicted octanol–water partition coefficient (Wildman–Crippen LogP) is 1.36. The molecule has 0 radical (unpaired) electrons. The number of hydrogen-bond acceptors (Lipinski definition) is 2. The van der Waals surface area contributed by atoms with Gasteiger partial charge < -0.3 is 0 Å². The quantitative estimate of drug-likeness (QED) is 0.713. The number of nitrogens with one attached hydrogen (secondary N) is 1. The van der Waals surface area contributed by atoms with E-state index in [1.807, 2.05) is 0 Å². The van der Waals surface area contributed by atoms with Gasteiger partial charge in [0.15, 0.2) is 0 Å². The lowest BCUT2D eigenvalue weighted by Gasteiger charge is -2.01. The van der Waals surface area contributed by atoms with Crippen LogP contribution < -0.4 is 5.56 Å². The number of hydrogen-bond donors (Lipinski definition) is 1. The summed E-state index contributed by atoms with van der Waals surface area (Å²) < 4.78 is 0. The monoisotopic (exact) mass is 162 g/mol. The van der Waals surface area contributed by atoms with Crippen LogP contribution in [0.4, 0.5) is 0 Å². The maximum absolute atomic E-state index is 11.1. The van der Waals surface area contributed by atoms with E-state index in [0.717, 1.165) is 11.3 Å². The van der Waals surface area contributed by atoms with Gasteiger partial charge in [-0.15, -0.1) is 0 Å². The summed E-state index contributed by atoms with van der Waals surface area (Å²) in [6, 6.07) is 0. The van der Waals surface area contributed by atoms with Crippen molar-refractivity contribution < 1.29 is 0 Å². The molecule has 0 spiro atoms. The molecule has 3 heteroatoms. The highest BCUT2D eigenvalue weighted by Crippen LogP contribution is 2.08. The molecule has 0 aliphatic heterocycles. The van der Waals surface area contributed by atoms with Crippen LogP contribution in [0.25, 0.3) is 12.2 Å². The fourth-order valence-electron chi connectivity index (χ4n) is 1.03. The maximum Gasteiger partial charge on any atom is 0.272 e. The molecule has 0 aliphatic carbocycles. The van der Waals surface area contributed by atoms with Gasteiger partial charge in [-0.1, -0.05) is 25.3 Å². The topological polar surface area (TPSA) is 45.8 Å². The van der Waals surface area contributed by atoms with Crippen molar-refractivity contribution in [2.75, 3.05) is 0 Å². The molecule has 0 aliphatic rings. The van der Waals surface area contributed by atoms with E-state index in [-0.39, 0.29) is 5.56 Å². The zero-order valence-electron chi connectivity index (χ0n) is 6.92. The molecule has 3 nitrogen and oxygen atoms in total. The van der Waals surface area contributed by atoms with E-state index in [2.05, 4.69) is 23.4 Å². The number of aryl methyl sites for hydroxylation is 1. The smallest absolute Gasteiger partial charge is 0.267 e. The highest BCUT2D eigenvalue weighted by atomic mass is 16.1. The van der Waals surface area contributed by atoms with Gasteiger partial charge in [0.05, 0.1) is 5.69 Å². The van der Waals surface area contributed by atoms with E-state index < -0.39 is 0 Å². The first-order valence-corrected chi connectivity index (χ1v) is 3.55. The molecule has 1 aromatic rings. The lowest BCUT2D eigenvalue weighted by atomic mass is 10.1. The van der Waals surface area contributed by atoms with Crippen LogP contribution >= 0.6 is 0 Å². The molecule has 0 saturated heterocycles. The summed E-state index contributed by atoms with van der Waals surface area (Å²) in [5.41, 5.74) is 1.79. The van der Waals surface area contributed by atoms with Crippen LogP contribution in [0.3, 0.4) is 0 Å². The summed E-state index contributed by atoms with van der Waals surface area (Å²) in [6.45, 7) is 8.95. The van der Waals surface area contributed by atoms with Crippen LogP contribution in [0.1, 0.15) is 16.8 Å². The third-order valence-electron chi connectivity index (χ3n) is 1.66. The molecule has 0 atom stereocenters. The molecular weight excluding hydrogens is 152 g/mol. The lowest BCUT2D eigenvalue weighted by molar-refractivity contribution is 0.937. The number of aromatic amines is 1. The van der Waals surface area contributed by atoms with E-state index in [4.69, 9.17) is 0 Å². The Balaban J connectivity index is 3.59. The molecule has 1 N–H and O–H groups in total. The van der Waals surface area contributed by atoms with Gasteiger partial charge in [-0.05, 0) is 6.92 Å². The van der Waals surface area contributed by atoms with Crippen LogP contribution in [0.5, 0.6) is 0 Å². The normalized spacial score (nSPS) is 9.42. The Morgan fingerprint density at radius 1 is 1.33 bits per heavy atom. The molecular formula is C9H10N2O. The van der Waals surface area contributed by atoms with Crippen LogP contribution in [-0.2, 0) is 0 Å². The minimum absolute atomic E-state index is 0.231. The SMILES string of the molecule is C=Cc1c(C)n[nH]c(=O)c1C=C. The first-order valence-electron chi connectivity index (χ1n) is 3.55. The third kappa shape index (κ3) is 1.21. The molecule has 1 aromatic heterocycles. The van der Waals surface area contributed by atoms with Crippen LogP contribution in [0, 0.1) is 6.92 Å². The van der Waals surface area contributed by atoms with Gasteiger partial charge in [-0.2, -0.15) is 5.10 Å². The van der Waals surface area contributed by atoms with Crippen molar-refractivity contribution in [3.63, 3.8) is 0 Å². The van der Waals surface area contributed by atoms with Gasteiger partial charge >= 0.3 is 0 Å². The standard InChI is InChI=1S/C9H10N2O/c1-4-7-6(3)10-11-9(12)8(7)5-2/h4-5H,1-2H2,3H3,(H,11,12). The van der Waals surface area contributed by atoms with Crippen molar-refractivity contribution in [3.8, 4) is 0 Å². The fraction of sp³-hybridized carbons (Fsp3) is 0.111. The second-order valence-electron chi connectivity index (χ2n) is 2.37. The Hall–Kier alpha value is -1.64. The van der Waals surface area contributed by atoms with Gasteiger partial charge in [0, 0.05) is 11.1 Å². The first kappa shape index (κ1) is 8.46. The molecule has 1 rings (SSSR count). The summed E-state index contributed by atoms with van der Waals surface area (Å²) >= 11 is 0. The number of aromatic nitrogens is 2. The Labute approximate surface area is 70.4 Å². The van der Waals surface area contributed by atoms with Crippen LogP contribution in [-0.4, -0.2) is 10.2 Å². The maximum atomic E-state index is 11.1. The van der Waals surface area contributed by atoms with E-state index in [0.29, 0.717) is 5.56 Å². The second-order valence-corrected chi connectivity index (χ2v) is 2.37. The van der Waals surface area contributed by atoms with E-state index in [9.17, 15) is 4.79 Å². The predicted molar refractivity (Wildman–Crippen MR) is 49.8 cm³/mol. The van der Waals surface area contributed by atoms with Crippen molar-refractivity contribution in [2.24, 2.45) is 0 Å². The summed E-state index contributed by atoms with van der Waals surface area (Å²) in [4.78, 5) is 11.1. The second kappa shape index (κ2) is 3.17. The van der Waals surface area contributed by atoms with E-state index >= 15 is 0 Å². The molecule has 0 aromatic carbocycles. The molecule has 0 fully saturated rings. The van der Waals surface area contributed by atoms with Crippen LogP contribution in [0.2, 0.25) is 0 Å². The minimum Gasteiger partial charge on any atom is -0.267 e. The molecule has 0 amide bonds. The highest BCUT2D eigenvalue weighted by molar-refractivity contribution is 5.63. The Kier molecular flexibility index (Phi) is 2.24. The third-order valence-corrected chi connectivity index (χ3v) is 1.66. The fourth-order valence-corrected chi connectivity index (χ4v) is 1.03. The Morgan fingerprint density at radius 3 is 2.33 bits per heavy atom. The first-order chi connectivity index (χ1) is 5.70. The lowest BCUT2D eigenvalue weighted by Crippen LogP contribution is -2.14. The summed E-state index contributed by atoms with van der Waals surface area (Å²) in [6.07, 6.45) is 3.11. The van der Waals surface area contributed by atoms with Crippen molar-refractivity contribution in [2.45, 2.75) is 6.92 Å². The number of nitrogens with zero attached hydrogens (tertiary/aromatic N) is 1. The highest BCUT2D eigenvalue weighted by Gasteiger charge is 2.04. The molecule has 0 saturated carbocycles. The van der Waals surface area contributed by atoms with Gasteiger partial charge in [0.1, 0.15) is 0 Å². The van der Waals surface area contributed by atoms with Gasteiger partial charge in [0.2, 0.25) is 0 Å². The molecule has 1 heterocycles. The average molecular weight is 162 g/mol. The van der Waals surface area contributed by atoms with Crippen molar-refractivity contribution in [1.29, 1.82) is 0 Å². The van der Waals surface area contributed by atoms with Crippen molar-refractivity contribution >= 4 is 12.2 Å². The Morgan fingerprint density at radius 2 is 1.92 bits per heavy atom. The number of H-pyrrole nitrogens is 1. The Bertz CT molecular complexity index is 377. The van der Waals surface area contributed by atoms with E-state index in [1.54, 1.807) is 13.0 Å². The molecule has 62 valence electrons. The van der Waals surface area contributed by atoms with Crippen LogP contribution in [0.15, 0.2) is 18.0 Å². The summed E-state index contributed by atoms with van der Waals surface area (Å²) in [5, 5.41) is 6.17. The van der Waals surface area contributed by atoms with Crippen molar-refractivity contribution in [1.82, 2.24) is 10.2 Å². The largest absolute Gasteiger partial charge is 0.272 e. The zero-order valence-corrected chi connectivity index (χ0v) is 6.92. The minimum atomic E-state index is -0.231.